The van der Waals surface area contributed by atoms with Gasteiger partial charge >= 0.3 is 0 Å². The van der Waals surface area contributed by atoms with E-state index in [1.807, 2.05) is 17.2 Å². The molecule has 1 unspecified atom stereocenters. The lowest BCUT2D eigenvalue weighted by atomic mass is 10.2. The highest BCUT2D eigenvalue weighted by Crippen LogP contribution is 2.15. The van der Waals surface area contributed by atoms with Crippen molar-refractivity contribution in [1.29, 1.82) is 0 Å². The van der Waals surface area contributed by atoms with Gasteiger partial charge in [0.1, 0.15) is 6.10 Å². The number of hydrogen-bond donors (Lipinski definition) is 0. The lowest BCUT2D eigenvalue weighted by Crippen LogP contribution is -2.50. The normalized spacial score (nSPS) is 24.0. The second kappa shape index (κ2) is 6.33. The van der Waals surface area contributed by atoms with Crippen LogP contribution in [0.3, 0.4) is 0 Å². The number of carbonyl (C=O) groups is 1. The summed E-state index contributed by atoms with van der Waals surface area (Å²) in [6.45, 7) is 4.80. The Morgan fingerprint density at radius 1 is 1.35 bits per heavy atom. The molecule has 1 aromatic heterocycles. The fourth-order valence-corrected chi connectivity index (χ4v) is 2.89. The first-order valence-corrected chi connectivity index (χ1v) is 7.34. The number of rotatable bonds is 3. The SMILES string of the molecule is O=C(C1CN(Cc2cccnc2)CCO1)N1CCCC1. The molecule has 0 N–H and O–H groups in total. The van der Waals surface area contributed by atoms with E-state index < -0.39 is 0 Å². The molecule has 0 spiro atoms. The number of likely N-dealkylation sites (tertiary alicyclic amines) is 1. The highest BCUT2D eigenvalue weighted by molar-refractivity contribution is 5.81. The molecule has 3 heterocycles. The van der Waals surface area contributed by atoms with Gasteiger partial charge in [-0.25, -0.2) is 0 Å². The molecule has 108 valence electrons. The van der Waals surface area contributed by atoms with Crippen molar-refractivity contribution in [2.45, 2.75) is 25.5 Å². The Morgan fingerprint density at radius 2 is 2.20 bits per heavy atom. The van der Waals surface area contributed by atoms with Crippen LogP contribution < -0.4 is 0 Å². The average Bonchev–Trinajstić information content (AvgIpc) is 3.02. The fraction of sp³-hybridized carbons (Fsp3) is 0.600. The van der Waals surface area contributed by atoms with Gasteiger partial charge in [0.05, 0.1) is 6.61 Å². The van der Waals surface area contributed by atoms with E-state index in [1.54, 1.807) is 6.20 Å². The molecule has 2 aliphatic rings. The number of amides is 1. The molecule has 5 heteroatoms. The molecule has 0 bridgehead atoms. The minimum atomic E-state index is -0.293. The maximum absolute atomic E-state index is 12.4. The van der Waals surface area contributed by atoms with Gasteiger partial charge < -0.3 is 9.64 Å². The van der Waals surface area contributed by atoms with Gasteiger partial charge in [0.2, 0.25) is 0 Å². The lowest BCUT2D eigenvalue weighted by molar-refractivity contribution is -0.148. The molecule has 0 radical (unpaired) electrons. The minimum Gasteiger partial charge on any atom is -0.366 e. The summed E-state index contributed by atoms with van der Waals surface area (Å²) in [5, 5.41) is 0. The van der Waals surface area contributed by atoms with Crippen LogP contribution in [0.5, 0.6) is 0 Å². The quantitative estimate of drug-likeness (QED) is 0.822. The third kappa shape index (κ3) is 3.16. The van der Waals surface area contributed by atoms with Crippen LogP contribution in [-0.2, 0) is 16.1 Å². The lowest BCUT2D eigenvalue weighted by Gasteiger charge is -2.33. The zero-order valence-corrected chi connectivity index (χ0v) is 11.7. The minimum absolute atomic E-state index is 0.165. The monoisotopic (exact) mass is 275 g/mol. The molecule has 3 rings (SSSR count). The maximum atomic E-state index is 12.4. The molecule has 1 atom stereocenters. The summed E-state index contributed by atoms with van der Waals surface area (Å²) >= 11 is 0. The summed E-state index contributed by atoms with van der Waals surface area (Å²) in [6, 6.07) is 4.02. The van der Waals surface area contributed by atoms with Crippen LogP contribution >= 0.6 is 0 Å². The summed E-state index contributed by atoms with van der Waals surface area (Å²) in [6.07, 6.45) is 5.61. The van der Waals surface area contributed by atoms with Crippen LogP contribution in [0.25, 0.3) is 0 Å². The summed E-state index contributed by atoms with van der Waals surface area (Å²) in [7, 11) is 0. The molecule has 20 heavy (non-hydrogen) atoms. The Kier molecular flexibility index (Phi) is 4.28. The van der Waals surface area contributed by atoms with Crippen molar-refractivity contribution < 1.29 is 9.53 Å². The summed E-state index contributed by atoms with van der Waals surface area (Å²) in [4.78, 5) is 20.7. The van der Waals surface area contributed by atoms with Gasteiger partial charge in [-0.2, -0.15) is 0 Å². The van der Waals surface area contributed by atoms with E-state index in [4.69, 9.17) is 4.74 Å². The Hall–Kier alpha value is -1.46. The third-order valence-corrected chi connectivity index (χ3v) is 3.97. The third-order valence-electron chi connectivity index (χ3n) is 3.97. The second-order valence-corrected chi connectivity index (χ2v) is 5.49. The second-order valence-electron chi connectivity index (χ2n) is 5.49. The van der Waals surface area contributed by atoms with Gasteiger partial charge in [-0.05, 0) is 24.5 Å². The van der Waals surface area contributed by atoms with E-state index in [0.29, 0.717) is 13.2 Å². The zero-order valence-electron chi connectivity index (χ0n) is 11.7. The summed E-state index contributed by atoms with van der Waals surface area (Å²) in [5.74, 6) is 0.165. The van der Waals surface area contributed by atoms with E-state index in [2.05, 4.69) is 16.0 Å². The average molecular weight is 275 g/mol. The molecule has 0 saturated carbocycles. The number of ether oxygens (including phenoxy) is 1. The van der Waals surface area contributed by atoms with Gasteiger partial charge in [-0.15, -0.1) is 0 Å². The van der Waals surface area contributed by atoms with Gasteiger partial charge in [0.25, 0.3) is 5.91 Å². The molecule has 0 aromatic carbocycles. The van der Waals surface area contributed by atoms with Crippen molar-refractivity contribution in [2.75, 3.05) is 32.8 Å². The van der Waals surface area contributed by atoms with Crippen molar-refractivity contribution in [3.05, 3.63) is 30.1 Å². The van der Waals surface area contributed by atoms with Crippen LogP contribution in [-0.4, -0.2) is 59.6 Å². The molecular weight excluding hydrogens is 254 g/mol. The molecule has 2 saturated heterocycles. The number of hydrogen-bond acceptors (Lipinski definition) is 4. The molecular formula is C15H21N3O2. The van der Waals surface area contributed by atoms with Gasteiger partial charge in [-0.1, -0.05) is 6.07 Å². The molecule has 2 aliphatic heterocycles. The van der Waals surface area contributed by atoms with E-state index in [0.717, 1.165) is 39.0 Å². The maximum Gasteiger partial charge on any atom is 0.253 e. The van der Waals surface area contributed by atoms with Crippen LogP contribution in [0.2, 0.25) is 0 Å². The predicted octanol–water partition coefficient (Wildman–Crippen LogP) is 0.905. The molecule has 5 nitrogen and oxygen atoms in total. The van der Waals surface area contributed by atoms with Crippen molar-refractivity contribution in [2.24, 2.45) is 0 Å². The number of pyridine rings is 1. The van der Waals surface area contributed by atoms with Crippen LogP contribution in [0.4, 0.5) is 0 Å². The molecule has 0 aliphatic carbocycles. The highest BCUT2D eigenvalue weighted by atomic mass is 16.5. The van der Waals surface area contributed by atoms with E-state index >= 15 is 0 Å². The Labute approximate surface area is 119 Å². The number of nitrogens with zero attached hydrogens (tertiary/aromatic N) is 3. The smallest absolute Gasteiger partial charge is 0.253 e. The molecule has 1 aromatic rings. The number of carbonyl (C=O) groups excluding carboxylic acids is 1. The number of morpholine rings is 1. The summed E-state index contributed by atoms with van der Waals surface area (Å²) < 4.78 is 5.67. The van der Waals surface area contributed by atoms with Gasteiger partial charge in [0, 0.05) is 45.1 Å². The van der Waals surface area contributed by atoms with Crippen molar-refractivity contribution in [1.82, 2.24) is 14.8 Å². The highest BCUT2D eigenvalue weighted by Gasteiger charge is 2.31. The van der Waals surface area contributed by atoms with Crippen LogP contribution in [0.1, 0.15) is 18.4 Å². The first kappa shape index (κ1) is 13.5. The first-order chi connectivity index (χ1) is 9.83. The van der Waals surface area contributed by atoms with Gasteiger partial charge in [-0.3, -0.25) is 14.7 Å². The first-order valence-electron chi connectivity index (χ1n) is 7.34. The zero-order chi connectivity index (χ0) is 13.8. The van der Waals surface area contributed by atoms with Crippen molar-refractivity contribution in [3.8, 4) is 0 Å². The standard InChI is InChI=1S/C15H21N3O2/c19-15(18-6-1-2-7-18)14-12-17(8-9-20-14)11-13-4-3-5-16-10-13/h3-5,10,14H,1-2,6-9,11-12H2. The van der Waals surface area contributed by atoms with Gasteiger partial charge in [0.15, 0.2) is 0 Å². The number of aromatic nitrogens is 1. The van der Waals surface area contributed by atoms with Crippen LogP contribution in [0, 0.1) is 0 Å². The predicted molar refractivity (Wildman–Crippen MR) is 75.1 cm³/mol. The van der Waals surface area contributed by atoms with Crippen molar-refractivity contribution in [3.63, 3.8) is 0 Å². The fourth-order valence-electron chi connectivity index (χ4n) is 2.89. The van der Waals surface area contributed by atoms with E-state index in [-0.39, 0.29) is 12.0 Å². The largest absolute Gasteiger partial charge is 0.366 e. The topological polar surface area (TPSA) is 45.7 Å². The van der Waals surface area contributed by atoms with E-state index in [9.17, 15) is 4.79 Å². The molecule has 2 fully saturated rings. The van der Waals surface area contributed by atoms with Crippen molar-refractivity contribution >= 4 is 5.91 Å². The molecule has 1 amide bonds. The summed E-state index contributed by atoms with van der Waals surface area (Å²) in [5.41, 5.74) is 1.18. The van der Waals surface area contributed by atoms with E-state index in [1.165, 1.54) is 5.56 Å². The van der Waals surface area contributed by atoms with Crippen LogP contribution in [0.15, 0.2) is 24.5 Å². The Morgan fingerprint density at radius 3 is 2.95 bits per heavy atom. The Balaban J connectivity index is 1.57. The Bertz CT molecular complexity index is 446.